The van der Waals surface area contributed by atoms with Gasteiger partial charge in [-0.15, -0.1) is 0 Å². The van der Waals surface area contributed by atoms with E-state index in [2.05, 4.69) is 82.0 Å². The van der Waals surface area contributed by atoms with Gasteiger partial charge in [-0.2, -0.15) is 0 Å². The molecule has 0 radical (unpaired) electrons. The molecule has 0 heterocycles. The van der Waals surface area contributed by atoms with Gasteiger partial charge in [0.2, 0.25) is 0 Å². The van der Waals surface area contributed by atoms with Crippen LogP contribution in [0.1, 0.15) is 394 Å². The number of rotatable bonds is 80. The van der Waals surface area contributed by atoms with Crippen LogP contribution in [0.4, 0.5) is 0 Å². The van der Waals surface area contributed by atoms with Crippen LogP contribution in [0.3, 0.4) is 0 Å². The first-order valence-electron chi connectivity index (χ1n) is 43.7. The van der Waals surface area contributed by atoms with E-state index in [9.17, 15) is 42.9 Å². The fourth-order valence-corrected chi connectivity index (χ4v) is 13.3. The Hall–Kier alpha value is -3.35. The number of carbonyl (C=O) groups is 5. The number of phosphoric acid groups is 2. The predicted octanol–water partition coefficient (Wildman–Crippen LogP) is 21.9. The van der Waals surface area contributed by atoms with Gasteiger partial charge in [-0.3, -0.25) is 33.1 Å². The highest BCUT2D eigenvalue weighted by atomic mass is 31.2. The topological polar surface area (TPSA) is 267 Å². The van der Waals surface area contributed by atoms with E-state index in [-0.39, 0.29) is 51.3 Å². The SMILES string of the molecule is CCCCCCCC/C=C\CCCCCCCC(=O)OC[C@H](COP(=O)([O-])OCC[N+](C)(C)C)OC(=O)CCCCCCC/C=C\CCCCCCCC.CCCCCCCC/C=C\CCCCCCCC(=O)OC[C@H](COP(=O)([O-])OC[C@H]([NH3+])C(C)=O)OC(=O)CCCCCCC/C=C\CCCCCCCC. The molecular formula is C87H164N2O17P2. The number of unbranched alkanes of at least 4 members (excludes halogenated alkanes) is 44. The van der Waals surface area contributed by atoms with Gasteiger partial charge < -0.3 is 57.0 Å². The minimum absolute atomic E-state index is 0.0326. The third-order valence-electron chi connectivity index (χ3n) is 18.9. The lowest BCUT2D eigenvalue weighted by atomic mass is 10.1. The summed E-state index contributed by atoms with van der Waals surface area (Å²) in [5.74, 6) is -2.12. The molecule has 3 N–H and O–H groups in total. The van der Waals surface area contributed by atoms with Gasteiger partial charge in [0.25, 0.3) is 15.6 Å². The number of ketones is 1. The zero-order valence-electron chi connectivity index (χ0n) is 70.4. The third kappa shape index (κ3) is 83.6. The Balaban J connectivity index is 0. The Kier molecular flexibility index (Phi) is 78.0. The summed E-state index contributed by atoms with van der Waals surface area (Å²) in [6.07, 6.45) is 77.5. The summed E-state index contributed by atoms with van der Waals surface area (Å²) in [4.78, 5) is 86.2. The van der Waals surface area contributed by atoms with Crippen molar-refractivity contribution in [1.29, 1.82) is 0 Å². The molecular weight excluding hydrogens is 1410 g/mol. The molecule has 0 bridgehead atoms. The molecule has 0 fully saturated rings. The van der Waals surface area contributed by atoms with Crippen molar-refractivity contribution >= 4 is 45.3 Å². The molecule has 108 heavy (non-hydrogen) atoms. The quantitative estimate of drug-likeness (QED) is 0.0148. The summed E-state index contributed by atoms with van der Waals surface area (Å²) in [7, 11) is -3.66. The predicted molar refractivity (Wildman–Crippen MR) is 439 cm³/mol. The highest BCUT2D eigenvalue weighted by Gasteiger charge is 2.25. The van der Waals surface area contributed by atoms with Crippen molar-refractivity contribution in [3.8, 4) is 0 Å². The van der Waals surface area contributed by atoms with Gasteiger partial charge in [0, 0.05) is 32.6 Å². The Bertz CT molecular complexity index is 2310. The molecule has 0 saturated carbocycles. The maximum absolute atomic E-state index is 12.7. The van der Waals surface area contributed by atoms with Crippen LogP contribution in [0.15, 0.2) is 48.6 Å². The lowest BCUT2D eigenvalue weighted by molar-refractivity contribution is -0.870. The summed E-state index contributed by atoms with van der Waals surface area (Å²) < 4.78 is 66.7. The minimum Gasteiger partial charge on any atom is -0.756 e. The molecule has 634 valence electrons. The van der Waals surface area contributed by atoms with Crippen LogP contribution in [-0.4, -0.2) is 120 Å². The van der Waals surface area contributed by atoms with E-state index < -0.39 is 77.6 Å². The normalized spacial score (nSPS) is 13.9. The summed E-state index contributed by atoms with van der Waals surface area (Å²) in [6, 6.07) is -0.867. The summed E-state index contributed by atoms with van der Waals surface area (Å²) in [6.45, 7) is 8.62. The van der Waals surface area contributed by atoms with E-state index in [4.69, 9.17) is 37.0 Å². The van der Waals surface area contributed by atoms with Crippen LogP contribution in [0, 0.1) is 0 Å². The highest BCUT2D eigenvalue weighted by molar-refractivity contribution is 7.46. The minimum atomic E-state index is -4.81. The number of carbonyl (C=O) groups excluding carboxylic acids is 5. The second-order valence-corrected chi connectivity index (χ2v) is 33.7. The van der Waals surface area contributed by atoms with E-state index in [1.165, 1.54) is 180 Å². The monoisotopic (exact) mass is 1570 g/mol. The van der Waals surface area contributed by atoms with Crippen LogP contribution >= 0.6 is 15.6 Å². The first kappa shape index (κ1) is 107. The van der Waals surface area contributed by atoms with Crippen LogP contribution in [0.25, 0.3) is 0 Å². The van der Waals surface area contributed by atoms with Crippen LogP contribution in [0.2, 0.25) is 0 Å². The van der Waals surface area contributed by atoms with Crippen molar-refractivity contribution in [2.45, 2.75) is 412 Å². The Labute approximate surface area is 660 Å². The maximum atomic E-state index is 12.7. The van der Waals surface area contributed by atoms with E-state index >= 15 is 0 Å². The molecule has 0 amide bonds. The smallest absolute Gasteiger partial charge is 0.306 e. The number of hydrogen-bond donors (Lipinski definition) is 1. The molecule has 21 heteroatoms. The summed E-state index contributed by atoms with van der Waals surface area (Å²) in [5, 5.41) is 0. The summed E-state index contributed by atoms with van der Waals surface area (Å²) >= 11 is 0. The van der Waals surface area contributed by atoms with Crippen LogP contribution in [-0.2, 0) is 70.1 Å². The van der Waals surface area contributed by atoms with Crippen molar-refractivity contribution in [1.82, 2.24) is 0 Å². The van der Waals surface area contributed by atoms with Gasteiger partial charge in [0.15, 0.2) is 24.0 Å². The van der Waals surface area contributed by atoms with E-state index in [1.807, 2.05) is 21.1 Å². The Morgan fingerprint density at radius 3 is 0.796 bits per heavy atom. The first-order valence-corrected chi connectivity index (χ1v) is 46.7. The van der Waals surface area contributed by atoms with Gasteiger partial charge in [-0.05, 0) is 128 Å². The average molecular weight is 1570 g/mol. The van der Waals surface area contributed by atoms with Gasteiger partial charge in [0.05, 0.1) is 34.4 Å². The van der Waals surface area contributed by atoms with Crippen LogP contribution < -0.4 is 15.5 Å². The second-order valence-electron chi connectivity index (χ2n) is 30.9. The highest BCUT2D eigenvalue weighted by Crippen LogP contribution is 2.39. The first-order chi connectivity index (χ1) is 52.1. The number of hydrogen-bond acceptors (Lipinski definition) is 17. The average Bonchev–Trinajstić information content (AvgIpc) is 0.907. The molecule has 0 aromatic carbocycles. The Morgan fingerprint density at radius 1 is 0.324 bits per heavy atom. The van der Waals surface area contributed by atoms with Crippen LogP contribution in [0.5, 0.6) is 0 Å². The number of ether oxygens (including phenoxy) is 4. The fourth-order valence-electron chi connectivity index (χ4n) is 11.7. The molecule has 19 nitrogen and oxygen atoms in total. The number of esters is 4. The largest absolute Gasteiger partial charge is 0.756 e. The third-order valence-corrected chi connectivity index (χ3v) is 20.8. The molecule has 0 saturated heterocycles. The molecule has 0 aliphatic rings. The van der Waals surface area contributed by atoms with Crippen molar-refractivity contribution in [3.05, 3.63) is 48.6 Å². The van der Waals surface area contributed by atoms with Crippen molar-refractivity contribution in [2.24, 2.45) is 0 Å². The molecule has 0 spiro atoms. The molecule has 0 rings (SSSR count). The molecule has 5 atom stereocenters. The number of nitrogens with zero attached hydrogens (tertiary/aromatic N) is 1. The maximum Gasteiger partial charge on any atom is 0.306 e. The van der Waals surface area contributed by atoms with Gasteiger partial charge >= 0.3 is 23.9 Å². The number of likely N-dealkylation sites (N-methyl/N-ethyl adjacent to an activating group) is 1. The zero-order valence-corrected chi connectivity index (χ0v) is 72.2. The van der Waals surface area contributed by atoms with Crippen molar-refractivity contribution < 1.29 is 90.1 Å². The van der Waals surface area contributed by atoms with E-state index in [0.29, 0.717) is 30.3 Å². The standard InChI is InChI=1S/C44H84NO8P.C43H80NO9P/c1-6-8-10-12-14-16-18-20-22-24-26-28-30-32-34-36-43(46)50-40-42(41-52-54(48,49)51-39-38-45(3,4)5)53-44(47)37-35-33-31-29-27-25-23-21-19-17-15-13-11-9-7-2;1-4-6-8-10-12-14-16-18-20-22-24-26-28-30-32-34-42(46)50-36-40(37-51-54(48,49)52-38-41(44)39(3)45)53-43(47)35-33-31-29-27-25-23-21-19-17-15-13-11-9-7-5-2/h20-23,42H,6-19,24-41H2,1-5H3;18-21,40-41H,4-17,22-38,44H2,1-3H3,(H,48,49)/b22-20-,23-21-;20-18-,21-19-/t42-;40-,41+/m11/s1. The van der Waals surface area contributed by atoms with Crippen molar-refractivity contribution in [2.75, 3.05) is 67.3 Å². The number of Topliss-reactive ketones (excluding diaryl/α,β-unsaturated/α-hetero) is 1. The lowest BCUT2D eigenvalue weighted by Gasteiger charge is -2.28. The molecule has 0 aliphatic carbocycles. The Morgan fingerprint density at radius 2 is 0.546 bits per heavy atom. The van der Waals surface area contributed by atoms with Gasteiger partial charge in [0.1, 0.15) is 33.0 Å². The lowest BCUT2D eigenvalue weighted by Crippen LogP contribution is -2.66. The second kappa shape index (κ2) is 78.9. The van der Waals surface area contributed by atoms with E-state index in [1.54, 1.807) is 0 Å². The molecule has 0 aromatic heterocycles. The number of allylic oxidation sites excluding steroid dienone is 8. The van der Waals surface area contributed by atoms with Gasteiger partial charge in [-0.1, -0.05) is 282 Å². The van der Waals surface area contributed by atoms with E-state index in [0.717, 1.165) is 141 Å². The molecule has 2 unspecified atom stereocenters. The van der Waals surface area contributed by atoms with Crippen molar-refractivity contribution in [3.63, 3.8) is 0 Å². The van der Waals surface area contributed by atoms with Gasteiger partial charge in [-0.25, -0.2) is 0 Å². The zero-order chi connectivity index (χ0) is 80.0. The fraction of sp³-hybridized carbons (Fsp3) is 0.851. The summed E-state index contributed by atoms with van der Waals surface area (Å²) in [5.41, 5.74) is 3.55. The molecule has 0 aliphatic heterocycles. The molecule has 0 aromatic rings. The number of phosphoric ester groups is 2. The number of quaternary nitrogens is 2.